The summed E-state index contributed by atoms with van der Waals surface area (Å²) in [5.74, 6) is 0. The van der Waals surface area contributed by atoms with E-state index in [-0.39, 0.29) is 0 Å². The first-order chi connectivity index (χ1) is 6.36. The monoisotopic (exact) mass is 172 g/mol. The smallest absolute Gasteiger partial charge is 0.0482 e. The highest BCUT2D eigenvalue weighted by Crippen LogP contribution is 2.19. The van der Waals surface area contributed by atoms with Gasteiger partial charge in [-0.25, -0.2) is 0 Å². The Morgan fingerprint density at radius 3 is 2.77 bits per heavy atom. The summed E-state index contributed by atoms with van der Waals surface area (Å²) in [6.07, 6.45) is 1.07. The van der Waals surface area contributed by atoms with Crippen molar-refractivity contribution in [1.29, 1.82) is 0 Å². The fourth-order valence-corrected chi connectivity index (χ4v) is 1.82. The molecule has 0 saturated heterocycles. The number of para-hydroxylation sites is 1. The van der Waals surface area contributed by atoms with Crippen LogP contribution in [-0.2, 0) is 13.0 Å². The minimum Gasteiger partial charge on any atom is -0.345 e. The van der Waals surface area contributed by atoms with Gasteiger partial charge in [-0.15, -0.1) is 0 Å². The van der Waals surface area contributed by atoms with Crippen molar-refractivity contribution in [2.75, 3.05) is 0 Å². The predicted octanol–water partition coefficient (Wildman–Crippen LogP) is 3.04. The Balaban J connectivity index is 2.73. The lowest BCUT2D eigenvalue weighted by Crippen LogP contribution is -1.98. The molecule has 0 bridgehead atoms. The molecule has 13 heavy (non-hydrogen) atoms. The molecule has 0 amide bonds. The van der Waals surface area contributed by atoms with Crippen molar-refractivity contribution in [2.45, 2.75) is 19.9 Å². The average Bonchev–Trinajstić information content (AvgIpc) is 2.55. The van der Waals surface area contributed by atoms with Crippen LogP contribution in [0.2, 0.25) is 0 Å². The van der Waals surface area contributed by atoms with Gasteiger partial charge in [-0.05, 0) is 30.9 Å². The summed E-state index contributed by atoms with van der Waals surface area (Å²) in [5, 5.41) is 1.32. The molecular formula is C12H14N. The molecule has 0 unspecified atom stereocenters. The van der Waals surface area contributed by atoms with Crippen LogP contribution in [0, 0.1) is 6.92 Å². The summed E-state index contributed by atoms with van der Waals surface area (Å²) in [5.41, 5.74) is 2.67. The van der Waals surface area contributed by atoms with Crippen molar-refractivity contribution in [1.82, 2.24) is 4.57 Å². The zero-order chi connectivity index (χ0) is 9.26. The number of fused-ring (bicyclic) bond motifs is 1. The Labute approximate surface area is 79.0 Å². The molecule has 0 fully saturated rings. The molecule has 0 N–H and O–H groups in total. The molecule has 0 aliphatic carbocycles. The van der Waals surface area contributed by atoms with E-state index in [1.807, 2.05) is 0 Å². The van der Waals surface area contributed by atoms with Gasteiger partial charge < -0.3 is 4.57 Å². The van der Waals surface area contributed by atoms with Crippen molar-refractivity contribution in [3.8, 4) is 0 Å². The number of aromatic nitrogens is 1. The quantitative estimate of drug-likeness (QED) is 0.656. The van der Waals surface area contributed by atoms with Crippen LogP contribution in [0.3, 0.4) is 0 Å². The topological polar surface area (TPSA) is 4.93 Å². The normalized spacial score (nSPS) is 10.9. The fraction of sp³-hybridized carbons (Fsp3) is 0.250. The molecule has 67 valence electrons. The van der Waals surface area contributed by atoms with Crippen LogP contribution in [0.4, 0.5) is 0 Å². The highest BCUT2D eigenvalue weighted by Gasteiger charge is 2.03. The number of hydrogen-bond acceptors (Lipinski definition) is 0. The third-order valence-electron chi connectivity index (χ3n) is 2.48. The summed E-state index contributed by atoms with van der Waals surface area (Å²) < 4.78 is 2.27. The van der Waals surface area contributed by atoms with Crippen LogP contribution in [-0.4, -0.2) is 4.57 Å². The summed E-state index contributed by atoms with van der Waals surface area (Å²) in [7, 11) is 0. The molecule has 2 aromatic rings. The molecule has 1 heterocycles. The molecule has 1 aromatic carbocycles. The van der Waals surface area contributed by atoms with Crippen LogP contribution < -0.4 is 0 Å². The van der Waals surface area contributed by atoms with E-state index in [1.165, 1.54) is 16.6 Å². The van der Waals surface area contributed by atoms with Gasteiger partial charge in [0.2, 0.25) is 0 Å². The van der Waals surface area contributed by atoms with Gasteiger partial charge in [-0.3, -0.25) is 0 Å². The number of benzene rings is 1. The third-order valence-corrected chi connectivity index (χ3v) is 2.48. The molecular weight excluding hydrogens is 158 g/mol. The second kappa shape index (κ2) is 3.25. The van der Waals surface area contributed by atoms with E-state index in [0.29, 0.717) is 0 Å². The molecule has 0 saturated carbocycles. The number of nitrogens with zero attached hydrogens (tertiary/aromatic N) is 1. The lowest BCUT2D eigenvalue weighted by Gasteiger charge is -2.04. The van der Waals surface area contributed by atoms with Gasteiger partial charge >= 0.3 is 0 Å². The van der Waals surface area contributed by atoms with Crippen LogP contribution in [0.1, 0.15) is 12.6 Å². The Bertz CT molecular complexity index is 412. The van der Waals surface area contributed by atoms with Gasteiger partial charge in [0.25, 0.3) is 0 Å². The van der Waals surface area contributed by atoms with E-state index in [2.05, 4.69) is 48.7 Å². The number of rotatable bonds is 2. The van der Waals surface area contributed by atoms with Crippen molar-refractivity contribution in [2.24, 2.45) is 0 Å². The maximum atomic E-state index is 3.95. The first-order valence-corrected chi connectivity index (χ1v) is 4.73. The summed E-state index contributed by atoms with van der Waals surface area (Å²) in [6, 6.07) is 10.7. The molecule has 0 aliphatic heterocycles. The van der Waals surface area contributed by atoms with E-state index >= 15 is 0 Å². The van der Waals surface area contributed by atoms with Gasteiger partial charge in [0, 0.05) is 17.8 Å². The highest BCUT2D eigenvalue weighted by atomic mass is 15.0. The third kappa shape index (κ3) is 1.24. The molecule has 0 atom stereocenters. The number of hydrogen-bond donors (Lipinski definition) is 0. The molecule has 0 spiro atoms. The van der Waals surface area contributed by atoms with Gasteiger partial charge in [0.15, 0.2) is 0 Å². The van der Waals surface area contributed by atoms with E-state index in [4.69, 9.17) is 0 Å². The minimum absolute atomic E-state index is 0.816. The Morgan fingerprint density at radius 1 is 1.31 bits per heavy atom. The van der Waals surface area contributed by atoms with Crippen LogP contribution in [0.5, 0.6) is 0 Å². The van der Waals surface area contributed by atoms with Crippen molar-refractivity contribution in [3.05, 3.63) is 42.9 Å². The SMILES string of the molecule is [CH2]Cn1c(CC)cc2ccccc21. The van der Waals surface area contributed by atoms with Crippen LogP contribution in [0.25, 0.3) is 10.9 Å². The first kappa shape index (κ1) is 8.36. The van der Waals surface area contributed by atoms with Gasteiger partial charge in [-0.1, -0.05) is 25.1 Å². The van der Waals surface area contributed by atoms with E-state index in [9.17, 15) is 0 Å². The molecule has 1 aromatic heterocycles. The van der Waals surface area contributed by atoms with Gasteiger partial charge in [-0.2, -0.15) is 0 Å². The highest BCUT2D eigenvalue weighted by molar-refractivity contribution is 5.81. The maximum absolute atomic E-state index is 3.95. The Kier molecular flexibility index (Phi) is 2.09. The summed E-state index contributed by atoms with van der Waals surface area (Å²) >= 11 is 0. The summed E-state index contributed by atoms with van der Waals surface area (Å²) in [6.45, 7) is 6.95. The first-order valence-electron chi connectivity index (χ1n) is 4.73. The molecule has 1 nitrogen and oxygen atoms in total. The van der Waals surface area contributed by atoms with Crippen LogP contribution in [0.15, 0.2) is 30.3 Å². The van der Waals surface area contributed by atoms with Crippen LogP contribution >= 0.6 is 0 Å². The largest absolute Gasteiger partial charge is 0.345 e. The van der Waals surface area contributed by atoms with Gasteiger partial charge in [0.05, 0.1) is 0 Å². The van der Waals surface area contributed by atoms with E-state index in [1.54, 1.807) is 0 Å². The van der Waals surface area contributed by atoms with Crippen molar-refractivity contribution >= 4 is 10.9 Å². The Hall–Kier alpha value is -1.24. The minimum atomic E-state index is 0.816. The lowest BCUT2D eigenvalue weighted by atomic mass is 10.2. The molecule has 0 aliphatic rings. The fourth-order valence-electron chi connectivity index (χ4n) is 1.82. The van der Waals surface area contributed by atoms with Crippen molar-refractivity contribution < 1.29 is 0 Å². The van der Waals surface area contributed by atoms with E-state index in [0.717, 1.165) is 13.0 Å². The zero-order valence-corrected chi connectivity index (χ0v) is 7.96. The second-order valence-corrected chi connectivity index (χ2v) is 3.20. The summed E-state index contributed by atoms with van der Waals surface area (Å²) in [4.78, 5) is 0. The zero-order valence-electron chi connectivity index (χ0n) is 7.96. The lowest BCUT2D eigenvalue weighted by molar-refractivity contribution is 0.793. The van der Waals surface area contributed by atoms with Gasteiger partial charge in [0.1, 0.15) is 0 Å². The average molecular weight is 172 g/mol. The Morgan fingerprint density at radius 2 is 2.08 bits per heavy atom. The number of aryl methyl sites for hydroxylation is 1. The molecule has 2 rings (SSSR count). The molecule has 1 radical (unpaired) electrons. The molecule has 1 heteroatoms. The predicted molar refractivity (Wildman–Crippen MR) is 56.7 cm³/mol. The standard InChI is InChI=1S/C12H14N/c1-3-11-9-10-7-5-6-8-12(10)13(11)4-2/h5-9H,2-4H2,1H3. The maximum Gasteiger partial charge on any atom is 0.0482 e. The van der Waals surface area contributed by atoms with Crippen molar-refractivity contribution in [3.63, 3.8) is 0 Å². The van der Waals surface area contributed by atoms with E-state index < -0.39 is 0 Å². The second-order valence-electron chi connectivity index (χ2n) is 3.20.